The summed E-state index contributed by atoms with van der Waals surface area (Å²) in [5.74, 6) is 0.163. The van der Waals surface area contributed by atoms with Gasteiger partial charge in [-0.3, -0.25) is 0 Å². The molecule has 21 heavy (non-hydrogen) atoms. The van der Waals surface area contributed by atoms with Gasteiger partial charge in [-0.05, 0) is 30.9 Å². The maximum Gasteiger partial charge on any atom is 0.130 e. The second kappa shape index (κ2) is 6.00. The molecular formula is C19H25NO. The van der Waals surface area contributed by atoms with Crippen LogP contribution in [0, 0.1) is 19.8 Å². The standard InChI is InChI=1S/C19H25NO/c1-13(2)18(20)19(21,16-9-5-7-14(3)11-16)17-10-6-8-15(4)12-17/h5-13,18,21H,20H2,1-4H3/t18-/m0/s1. The van der Waals surface area contributed by atoms with E-state index in [1.54, 1.807) is 0 Å². The first-order valence-electron chi connectivity index (χ1n) is 7.48. The summed E-state index contributed by atoms with van der Waals surface area (Å²) in [5.41, 5.74) is 9.19. The average molecular weight is 283 g/mol. The molecule has 0 bridgehead atoms. The fourth-order valence-electron chi connectivity index (χ4n) is 2.80. The highest BCUT2D eigenvalue weighted by Crippen LogP contribution is 2.35. The first kappa shape index (κ1) is 15.7. The maximum atomic E-state index is 11.5. The summed E-state index contributed by atoms with van der Waals surface area (Å²) in [7, 11) is 0. The first-order valence-corrected chi connectivity index (χ1v) is 7.48. The lowest BCUT2D eigenvalue weighted by Gasteiger charge is -2.37. The number of aliphatic hydroxyl groups is 1. The highest BCUT2D eigenvalue weighted by molar-refractivity contribution is 5.41. The van der Waals surface area contributed by atoms with Crippen LogP contribution in [0.25, 0.3) is 0 Å². The van der Waals surface area contributed by atoms with Gasteiger partial charge in [0.05, 0.1) is 0 Å². The summed E-state index contributed by atoms with van der Waals surface area (Å²) in [6.07, 6.45) is 0. The van der Waals surface area contributed by atoms with E-state index in [1.807, 2.05) is 76.2 Å². The molecule has 0 amide bonds. The maximum absolute atomic E-state index is 11.5. The highest BCUT2D eigenvalue weighted by Gasteiger charge is 2.39. The predicted molar refractivity (Wildman–Crippen MR) is 88.2 cm³/mol. The van der Waals surface area contributed by atoms with E-state index >= 15 is 0 Å². The van der Waals surface area contributed by atoms with Crippen molar-refractivity contribution in [2.24, 2.45) is 11.7 Å². The molecule has 0 heterocycles. The molecule has 0 fully saturated rings. The third-order valence-electron chi connectivity index (χ3n) is 4.12. The molecule has 0 radical (unpaired) electrons. The van der Waals surface area contributed by atoms with Gasteiger partial charge in [0.1, 0.15) is 5.60 Å². The van der Waals surface area contributed by atoms with E-state index in [0.717, 1.165) is 22.3 Å². The molecular weight excluding hydrogens is 258 g/mol. The Hall–Kier alpha value is -1.64. The summed E-state index contributed by atoms with van der Waals surface area (Å²) < 4.78 is 0. The van der Waals surface area contributed by atoms with E-state index in [9.17, 15) is 5.11 Å². The number of hydrogen-bond acceptors (Lipinski definition) is 2. The van der Waals surface area contributed by atoms with Gasteiger partial charge in [0.25, 0.3) is 0 Å². The number of nitrogens with two attached hydrogens (primary N) is 1. The summed E-state index contributed by atoms with van der Waals surface area (Å²) in [6.45, 7) is 8.14. The molecule has 2 aromatic rings. The van der Waals surface area contributed by atoms with Gasteiger partial charge < -0.3 is 10.8 Å². The van der Waals surface area contributed by atoms with Gasteiger partial charge in [0.2, 0.25) is 0 Å². The first-order chi connectivity index (χ1) is 9.85. The van der Waals surface area contributed by atoms with E-state index in [4.69, 9.17) is 5.73 Å². The molecule has 2 nitrogen and oxygen atoms in total. The molecule has 0 saturated carbocycles. The van der Waals surface area contributed by atoms with E-state index in [2.05, 4.69) is 0 Å². The molecule has 2 aromatic carbocycles. The van der Waals surface area contributed by atoms with E-state index in [0.29, 0.717) is 0 Å². The number of aryl methyl sites for hydroxylation is 2. The molecule has 2 rings (SSSR count). The smallest absolute Gasteiger partial charge is 0.130 e. The minimum atomic E-state index is -1.17. The van der Waals surface area contributed by atoms with Gasteiger partial charge in [-0.15, -0.1) is 0 Å². The predicted octanol–water partition coefficient (Wildman–Crippen LogP) is 3.52. The van der Waals surface area contributed by atoms with Gasteiger partial charge >= 0.3 is 0 Å². The fraction of sp³-hybridized carbons (Fsp3) is 0.368. The Morgan fingerprint density at radius 3 is 1.67 bits per heavy atom. The number of benzene rings is 2. The number of hydrogen-bond donors (Lipinski definition) is 2. The van der Waals surface area contributed by atoms with Crippen LogP contribution in [-0.2, 0) is 5.60 Å². The summed E-state index contributed by atoms with van der Waals surface area (Å²) in [4.78, 5) is 0. The van der Waals surface area contributed by atoms with Crippen molar-refractivity contribution in [1.82, 2.24) is 0 Å². The third kappa shape index (κ3) is 3.02. The minimum Gasteiger partial charge on any atom is -0.379 e. The highest BCUT2D eigenvalue weighted by atomic mass is 16.3. The zero-order valence-electron chi connectivity index (χ0n) is 13.3. The molecule has 0 unspecified atom stereocenters. The van der Waals surface area contributed by atoms with Crippen LogP contribution in [0.3, 0.4) is 0 Å². The third-order valence-corrected chi connectivity index (χ3v) is 4.12. The lowest BCUT2D eigenvalue weighted by Crippen LogP contribution is -2.49. The molecule has 0 spiro atoms. The van der Waals surface area contributed by atoms with Crippen LogP contribution in [0.2, 0.25) is 0 Å². The molecule has 0 aliphatic heterocycles. The van der Waals surface area contributed by atoms with Crippen LogP contribution in [0.15, 0.2) is 48.5 Å². The minimum absolute atomic E-state index is 0.163. The van der Waals surface area contributed by atoms with Crippen LogP contribution in [-0.4, -0.2) is 11.1 Å². The zero-order valence-corrected chi connectivity index (χ0v) is 13.3. The second-order valence-electron chi connectivity index (χ2n) is 6.28. The fourth-order valence-corrected chi connectivity index (χ4v) is 2.80. The lowest BCUT2D eigenvalue weighted by atomic mass is 9.76. The van der Waals surface area contributed by atoms with Gasteiger partial charge in [-0.25, -0.2) is 0 Å². The van der Waals surface area contributed by atoms with Gasteiger partial charge in [-0.2, -0.15) is 0 Å². The Kier molecular flexibility index (Phi) is 4.50. The largest absolute Gasteiger partial charge is 0.379 e. The lowest BCUT2D eigenvalue weighted by molar-refractivity contribution is 0.0352. The topological polar surface area (TPSA) is 46.2 Å². The molecule has 1 atom stereocenters. The van der Waals surface area contributed by atoms with Crippen molar-refractivity contribution in [3.63, 3.8) is 0 Å². The van der Waals surface area contributed by atoms with Crippen molar-refractivity contribution in [3.05, 3.63) is 70.8 Å². The Labute approximate surface area is 127 Å². The zero-order chi connectivity index (χ0) is 15.6. The van der Waals surface area contributed by atoms with Crippen LogP contribution in [0.4, 0.5) is 0 Å². The van der Waals surface area contributed by atoms with Crippen molar-refractivity contribution < 1.29 is 5.11 Å². The van der Waals surface area contributed by atoms with Crippen LogP contribution >= 0.6 is 0 Å². The Balaban J connectivity index is 2.65. The van der Waals surface area contributed by atoms with Gasteiger partial charge in [0.15, 0.2) is 0 Å². The van der Waals surface area contributed by atoms with Crippen molar-refractivity contribution in [1.29, 1.82) is 0 Å². The molecule has 0 aliphatic rings. The summed E-state index contributed by atoms with van der Waals surface area (Å²) in [5, 5.41) is 11.5. The molecule has 0 aliphatic carbocycles. The second-order valence-corrected chi connectivity index (χ2v) is 6.28. The molecule has 0 saturated heterocycles. The van der Waals surface area contributed by atoms with E-state index in [1.165, 1.54) is 0 Å². The van der Waals surface area contributed by atoms with Crippen molar-refractivity contribution in [3.8, 4) is 0 Å². The van der Waals surface area contributed by atoms with E-state index in [-0.39, 0.29) is 12.0 Å². The Morgan fingerprint density at radius 1 is 0.905 bits per heavy atom. The molecule has 3 N–H and O–H groups in total. The Morgan fingerprint density at radius 2 is 1.33 bits per heavy atom. The van der Waals surface area contributed by atoms with Crippen molar-refractivity contribution >= 4 is 0 Å². The molecule has 0 aromatic heterocycles. The van der Waals surface area contributed by atoms with Gasteiger partial charge in [0, 0.05) is 6.04 Å². The molecule has 2 heteroatoms. The van der Waals surface area contributed by atoms with Crippen molar-refractivity contribution in [2.45, 2.75) is 39.3 Å². The molecule has 112 valence electrons. The normalized spacial score (nSPS) is 13.5. The summed E-state index contributed by atoms with van der Waals surface area (Å²) in [6, 6.07) is 15.6. The van der Waals surface area contributed by atoms with Gasteiger partial charge in [-0.1, -0.05) is 73.5 Å². The quantitative estimate of drug-likeness (QED) is 0.902. The SMILES string of the molecule is Cc1cccc(C(O)(c2cccc(C)c2)[C@@H](N)C(C)C)c1. The number of rotatable bonds is 4. The average Bonchev–Trinajstić information content (AvgIpc) is 2.45. The van der Waals surface area contributed by atoms with Crippen molar-refractivity contribution in [2.75, 3.05) is 0 Å². The Bertz CT molecular complexity index is 573. The van der Waals surface area contributed by atoms with Crippen LogP contribution < -0.4 is 5.73 Å². The van der Waals surface area contributed by atoms with Crippen LogP contribution in [0.1, 0.15) is 36.1 Å². The monoisotopic (exact) mass is 283 g/mol. The van der Waals surface area contributed by atoms with E-state index < -0.39 is 5.60 Å². The summed E-state index contributed by atoms with van der Waals surface area (Å²) >= 11 is 0. The van der Waals surface area contributed by atoms with Crippen LogP contribution in [0.5, 0.6) is 0 Å².